The quantitative estimate of drug-likeness (QED) is 0.341. The molecule has 6 aromatic rings. The van der Waals surface area contributed by atoms with Crippen molar-refractivity contribution in [3.8, 4) is 5.69 Å². The first kappa shape index (κ1) is 14.6. The minimum Gasteiger partial charge on any atom is -0.354 e. The Bertz CT molecular complexity index is 1480. The van der Waals surface area contributed by atoms with E-state index in [1.165, 1.54) is 54.9 Å². The number of para-hydroxylation sites is 3. The van der Waals surface area contributed by atoms with Crippen molar-refractivity contribution in [1.82, 2.24) is 9.55 Å². The van der Waals surface area contributed by atoms with Gasteiger partial charge in [0, 0.05) is 38.3 Å². The first-order valence-corrected chi connectivity index (χ1v) is 9.31. The van der Waals surface area contributed by atoms with Gasteiger partial charge in [0.05, 0.1) is 11.0 Å². The molecule has 0 bridgehead atoms. The fourth-order valence-corrected chi connectivity index (χ4v) is 4.45. The zero-order chi connectivity index (χ0) is 18.0. The van der Waals surface area contributed by atoms with Crippen LogP contribution in [0, 0.1) is 6.92 Å². The minimum absolute atomic E-state index is 1.18. The van der Waals surface area contributed by atoms with Gasteiger partial charge in [0.15, 0.2) is 0 Å². The summed E-state index contributed by atoms with van der Waals surface area (Å²) in [5.41, 5.74) is 7.40. The van der Waals surface area contributed by atoms with Crippen LogP contribution in [0.1, 0.15) is 5.56 Å². The average Bonchev–Trinajstić information content (AvgIpc) is 3.24. The topological polar surface area (TPSA) is 20.7 Å². The van der Waals surface area contributed by atoms with E-state index in [0.29, 0.717) is 0 Å². The van der Waals surface area contributed by atoms with Gasteiger partial charge in [0.1, 0.15) is 0 Å². The first-order valence-electron chi connectivity index (χ1n) is 9.31. The van der Waals surface area contributed by atoms with Crippen LogP contribution >= 0.6 is 0 Å². The van der Waals surface area contributed by atoms with Crippen LogP contribution in [0.5, 0.6) is 0 Å². The van der Waals surface area contributed by atoms with Gasteiger partial charge < -0.3 is 9.55 Å². The van der Waals surface area contributed by atoms with Crippen molar-refractivity contribution in [1.29, 1.82) is 0 Å². The molecule has 1 N–H and O–H groups in total. The number of aromatic nitrogens is 2. The Balaban J connectivity index is 1.96. The first-order chi connectivity index (χ1) is 13.3. The lowest BCUT2D eigenvalue weighted by Crippen LogP contribution is -1.96. The molecule has 0 spiro atoms. The minimum atomic E-state index is 1.18. The van der Waals surface area contributed by atoms with E-state index in [1.54, 1.807) is 0 Å². The summed E-state index contributed by atoms with van der Waals surface area (Å²) in [6.45, 7) is 2.19. The maximum Gasteiger partial charge on any atom is 0.0641 e. The van der Waals surface area contributed by atoms with Crippen molar-refractivity contribution in [3.63, 3.8) is 0 Å². The highest BCUT2D eigenvalue weighted by molar-refractivity contribution is 6.25. The molecule has 2 nitrogen and oxygen atoms in total. The van der Waals surface area contributed by atoms with Crippen LogP contribution in [0.15, 0.2) is 84.9 Å². The second-order valence-electron chi connectivity index (χ2n) is 7.19. The number of benzene rings is 4. The van der Waals surface area contributed by atoms with E-state index < -0.39 is 0 Å². The van der Waals surface area contributed by atoms with E-state index in [9.17, 15) is 0 Å². The number of fused-ring (bicyclic) bond motifs is 7. The summed E-state index contributed by atoms with van der Waals surface area (Å²) in [6, 6.07) is 30.4. The third kappa shape index (κ3) is 1.90. The van der Waals surface area contributed by atoms with E-state index in [-0.39, 0.29) is 0 Å². The number of nitrogens with one attached hydrogen (secondary N) is 1. The van der Waals surface area contributed by atoms with Gasteiger partial charge in [-0.3, -0.25) is 0 Å². The maximum atomic E-state index is 3.59. The molecule has 0 saturated carbocycles. The highest BCUT2D eigenvalue weighted by atomic mass is 15.0. The predicted octanol–water partition coefficient (Wildman–Crippen LogP) is 6.73. The second kappa shape index (κ2) is 5.24. The summed E-state index contributed by atoms with van der Waals surface area (Å²) in [5.74, 6) is 0. The Morgan fingerprint density at radius 3 is 2.26 bits per heavy atom. The zero-order valence-corrected chi connectivity index (χ0v) is 15.0. The molecular weight excluding hydrogens is 328 g/mol. The molecule has 0 atom stereocenters. The highest BCUT2D eigenvalue weighted by Crippen LogP contribution is 2.39. The third-order valence-electron chi connectivity index (χ3n) is 5.66. The molecule has 6 rings (SSSR count). The molecule has 0 unspecified atom stereocenters. The molecule has 4 aromatic carbocycles. The Morgan fingerprint density at radius 2 is 1.37 bits per heavy atom. The van der Waals surface area contributed by atoms with Crippen molar-refractivity contribution in [2.45, 2.75) is 6.92 Å². The smallest absolute Gasteiger partial charge is 0.0641 e. The molecule has 0 amide bonds. The van der Waals surface area contributed by atoms with Crippen LogP contribution in [0.2, 0.25) is 0 Å². The second-order valence-corrected chi connectivity index (χ2v) is 7.19. The lowest BCUT2D eigenvalue weighted by atomic mass is 10.1. The molecule has 0 aliphatic rings. The molecule has 27 heavy (non-hydrogen) atoms. The molecular formula is C25H18N2. The summed E-state index contributed by atoms with van der Waals surface area (Å²) < 4.78 is 2.43. The fraction of sp³-hybridized carbons (Fsp3) is 0.0400. The monoisotopic (exact) mass is 346 g/mol. The van der Waals surface area contributed by atoms with Gasteiger partial charge in [-0.1, -0.05) is 60.7 Å². The van der Waals surface area contributed by atoms with Gasteiger partial charge >= 0.3 is 0 Å². The SMILES string of the molecule is Cc1ccccc1-n1c2ccccc2c2ccc3[nH]c4ccccc4c3c21. The zero-order valence-electron chi connectivity index (χ0n) is 15.0. The summed E-state index contributed by atoms with van der Waals surface area (Å²) in [4.78, 5) is 3.59. The van der Waals surface area contributed by atoms with Crippen molar-refractivity contribution in [2.24, 2.45) is 0 Å². The van der Waals surface area contributed by atoms with Crippen molar-refractivity contribution < 1.29 is 0 Å². The Kier molecular flexibility index (Phi) is 2.84. The molecule has 0 aliphatic heterocycles. The van der Waals surface area contributed by atoms with Gasteiger partial charge in [-0.05, 0) is 36.8 Å². The summed E-state index contributed by atoms with van der Waals surface area (Å²) in [5, 5.41) is 5.16. The van der Waals surface area contributed by atoms with Crippen LogP contribution in [-0.2, 0) is 0 Å². The van der Waals surface area contributed by atoms with Gasteiger partial charge in [-0.2, -0.15) is 0 Å². The third-order valence-corrected chi connectivity index (χ3v) is 5.66. The molecule has 128 valence electrons. The fourth-order valence-electron chi connectivity index (χ4n) is 4.45. The lowest BCUT2D eigenvalue weighted by Gasteiger charge is -2.11. The lowest BCUT2D eigenvalue weighted by molar-refractivity contribution is 1.15. The van der Waals surface area contributed by atoms with Crippen LogP contribution in [0.25, 0.3) is 49.3 Å². The molecule has 0 radical (unpaired) electrons. The Labute approximate surface area is 156 Å². The molecule has 2 aromatic heterocycles. The van der Waals surface area contributed by atoms with Crippen LogP contribution in [-0.4, -0.2) is 9.55 Å². The van der Waals surface area contributed by atoms with Crippen LogP contribution in [0.4, 0.5) is 0 Å². The summed E-state index contributed by atoms with van der Waals surface area (Å²) >= 11 is 0. The van der Waals surface area contributed by atoms with E-state index in [1.807, 2.05) is 0 Å². The van der Waals surface area contributed by atoms with E-state index >= 15 is 0 Å². The van der Waals surface area contributed by atoms with Gasteiger partial charge in [0.2, 0.25) is 0 Å². The molecule has 0 aliphatic carbocycles. The van der Waals surface area contributed by atoms with E-state index in [0.717, 1.165) is 0 Å². The number of nitrogens with zero attached hydrogens (tertiary/aromatic N) is 1. The predicted molar refractivity (Wildman–Crippen MR) is 115 cm³/mol. The van der Waals surface area contributed by atoms with Crippen molar-refractivity contribution in [2.75, 3.05) is 0 Å². The summed E-state index contributed by atoms with van der Waals surface area (Å²) in [7, 11) is 0. The number of H-pyrrole nitrogens is 1. The van der Waals surface area contributed by atoms with E-state index in [4.69, 9.17) is 0 Å². The van der Waals surface area contributed by atoms with Crippen LogP contribution < -0.4 is 0 Å². The average molecular weight is 346 g/mol. The number of aryl methyl sites for hydroxylation is 1. The molecule has 0 fully saturated rings. The van der Waals surface area contributed by atoms with Crippen LogP contribution in [0.3, 0.4) is 0 Å². The highest BCUT2D eigenvalue weighted by Gasteiger charge is 2.17. The van der Waals surface area contributed by atoms with Crippen molar-refractivity contribution in [3.05, 3.63) is 90.5 Å². The van der Waals surface area contributed by atoms with Gasteiger partial charge in [0.25, 0.3) is 0 Å². The number of hydrogen-bond acceptors (Lipinski definition) is 0. The van der Waals surface area contributed by atoms with Gasteiger partial charge in [-0.15, -0.1) is 0 Å². The van der Waals surface area contributed by atoms with Crippen molar-refractivity contribution >= 4 is 43.6 Å². The number of rotatable bonds is 1. The maximum absolute atomic E-state index is 3.59. The number of hydrogen-bond donors (Lipinski definition) is 1. The summed E-state index contributed by atoms with van der Waals surface area (Å²) in [6.07, 6.45) is 0. The Hall–Kier alpha value is -3.52. The molecule has 2 heterocycles. The largest absolute Gasteiger partial charge is 0.354 e. The normalized spacial score (nSPS) is 11.9. The standard InChI is InChI=1S/C25H18N2/c1-16-8-2-6-12-22(16)27-23-13-7-4-9-17(23)18-14-15-21-24(25(18)27)19-10-3-5-11-20(19)26-21/h2-15,26H,1H3. The molecule has 0 saturated heterocycles. The van der Waals surface area contributed by atoms with Gasteiger partial charge in [-0.25, -0.2) is 0 Å². The van der Waals surface area contributed by atoms with E-state index in [2.05, 4.69) is 101 Å². The molecule has 2 heteroatoms. The Morgan fingerprint density at radius 1 is 0.630 bits per heavy atom. The number of aromatic amines is 1.